The van der Waals surface area contributed by atoms with Crippen molar-refractivity contribution in [3.63, 3.8) is 0 Å². The second-order valence-corrected chi connectivity index (χ2v) is 4.63. The third-order valence-electron chi connectivity index (χ3n) is 3.31. The lowest BCUT2D eigenvalue weighted by Gasteiger charge is -2.31. The Morgan fingerprint density at radius 1 is 1.18 bits per heavy atom. The molecule has 0 radical (unpaired) electrons. The molecule has 1 aromatic carbocycles. The van der Waals surface area contributed by atoms with Gasteiger partial charge in [0.15, 0.2) is 0 Å². The molecule has 1 aliphatic heterocycles. The Kier molecular flexibility index (Phi) is 4.98. The van der Waals surface area contributed by atoms with Crippen LogP contribution in [-0.2, 0) is 11.3 Å². The number of rotatable bonds is 5. The Balaban J connectivity index is 1.68. The lowest BCUT2D eigenvalue weighted by Crippen LogP contribution is -2.39. The van der Waals surface area contributed by atoms with Gasteiger partial charge in [0.25, 0.3) is 0 Å². The molecule has 1 heterocycles. The molecule has 0 aromatic heterocycles. The molecule has 94 valence electrons. The minimum absolute atomic E-state index is 0.421. The van der Waals surface area contributed by atoms with Crippen molar-refractivity contribution in [3.05, 3.63) is 35.9 Å². The Bertz CT molecular complexity index is 307. The van der Waals surface area contributed by atoms with Crippen LogP contribution in [-0.4, -0.2) is 37.2 Å². The molecule has 0 spiro atoms. The van der Waals surface area contributed by atoms with Crippen molar-refractivity contribution in [2.45, 2.75) is 25.6 Å². The first-order chi connectivity index (χ1) is 8.38. The topological polar surface area (TPSA) is 38.5 Å². The number of benzene rings is 1. The SMILES string of the molecule is NCCN1CCC(OCc2ccccc2)CC1. The Hall–Kier alpha value is -0.900. The van der Waals surface area contributed by atoms with Gasteiger partial charge in [-0.3, -0.25) is 0 Å². The third kappa shape index (κ3) is 4.11. The molecule has 0 saturated carbocycles. The summed E-state index contributed by atoms with van der Waals surface area (Å²) in [5.74, 6) is 0. The Morgan fingerprint density at radius 2 is 1.88 bits per heavy atom. The number of piperidine rings is 1. The summed E-state index contributed by atoms with van der Waals surface area (Å²) in [6, 6.07) is 10.4. The van der Waals surface area contributed by atoms with Gasteiger partial charge in [0.2, 0.25) is 0 Å². The van der Waals surface area contributed by atoms with Crippen LogP contribution in [0.1, 0.15) is 18.4 Å². The summed E-state index contributed by atoms with van der Waals surface area (Å²) in [5.41, 5.74) is 6.82. The van der Waals surface area contributed by atoms with E-state index in [-0.39, 0.29) is 0 Å². The van der Waals surface area contributed by atoms with Crippen LogP contribution in [0.4, 0.5) is 0 Å². The summed E-state index contributed by atoms with van der Waals surface area (Å²) in [5, 5.41) is 0. The van der Waals surface area contributed by atoms with E-state index >= 15 is 0 Å². The van der Waals surface area contributed by atoms with E-state index < -0.39 is 0 Å². The van der Waals surface area contributed by atoms with Gasteiger partial charge in [-0.05, 0) is 18.4 Å². The van der Waals surface area contributed by atoms with Gasteiger partial charge in [-0.2, -0.15) is 0 Å². The summed E-state index contributed by atoms with van der Waals surface area (Å²) >= 11 is 0. The van der Waals surface area contributed by atoms with Crippen LogP contribution in [0.25, 0.3) is 0 Å². The lowest BCUT2D eigenvalue weighted by molar-refractivity contribution is -0.00183. The summed E-state index contributed by atoms with van der Waals surface area (Å²) < 4.78 is 5.94. The minimum Gasteiger partial charge on any atom is -0.373 e. The van der Waals surface area contributed by atoms with Gasteiger partial charge in [-0.15, -0.1) is 0 Å². The first-order valence-corrected chi connectivity index (χ1v) is 6.46. The van der Waals surface area contributed by atoms with Gasteiger partial charge in [-0.25, -0.2) is 0 Å². The van der Waals surface area contributed by atoms with Crippen molar-refractivity contribution in [3.8, 4) is 0 Å². The fraction of sp³-hybridized carbons (Fsp3) is 0.571. The predicted molar refractivity (Wildman–Crippen MR) is 69.7 cm³/mol. The molecule has 0 unspecified atom stereocenters. The first-order valence-electron chi connectivity index (χ1n) is 6.46. The maximum atomic E-state index is 5.94. The van der Waals surface area contributed by atoms with Crippen molar-refractivity contribution < 1.29 is 4.74 Å². The van der Waals surface area contributed by atoms with Crippen LogP contribution >= 0.6 is 0 Å². The highest BCUT2D eigenvalue weighted by atomic mass is 16.5. The molecule has 1 saturated heterocycles. The van der Waals surface area contributed by atoms with Crippen LogP contribution in [0.15, 0.2) is 30.3 Å². The molecule has 1 aromatic rings. The van der Waals surface area contributed by atoms with Crippen molar-refractivity contribution >= 4 is 0 Å². The smallest absolute Gasteiger partial charge is 0.0720 e. The molecule has 3 heteroatoms. The number of nitrogens with zero attached hydrogens (tertiary/aromatic N) is 1. The molecular weight excluding hydrogens is 212 g/mol. The summed E-state index contributed by atoms with van der Waals surface area (Å²) in [6.07, 6.45) is 2.68. The van der Waals surface area contributed by atoms with E-state index in [1.165, 1.54) is 5.56 Å². The summed E-state index contributed by atoms with van der Waals surface area (Å²) in [6.45, 7) is 4.76. The van der Waals surface area contributed by atoms with Crippen molar-refractivity contribution in [1.82, 2.24) is 4.90 Å². The molecule has 0 amide bonds. The second-order valence-electron chi connectivity index (χ2n) is 4.63. The maximum absolute atomic E-state index is 5.94. The first kappa shape index (κ1) is 12.6. The Morgan fingerprint density at radius 3 is 2.53 bits per heavy atom. The van der Waals surface area contributed by atoms with E-state index in [0.29, 0.717) is 6.10 Å². The predicted octanol–water partition coefficient (Wildman–Crippen LogP) is 1.63. The normalized spacial score (nSPS) is 18.4. The zero-order chi connectivity index (χ0) is 11.9. The minimum atomic E-state index is 0.421. The van der Waals surface area contributed by atoms with Crippen LogP contribution in [0.3, 0.4) is 0 Å². The van der Waals surface area contributed by atoms with E-state index in [0.717, 1.165) is 45.6 Å². The van der Waals surface area contributed by atoms with Gasteiger partial charge >= 0.3 is 0 Å². The molecular formula is C14H22N2O. The largest absolute Gasteiger partial charge is 0.373 e. The van der Waals surface area contributed by atoms with Crippen LogP contribution in [0.5, 0.6) is 0 Å². The summed E-state index contributed by atoms with van der Waals surface area (Å²) in [4.78, 5) is 2.42. The van der Waals surface area contributed by atoms with Gasteiger partial charge in [-0.1, -0.05) is 30.3 Å². The maximum Gasteiger partial charge on any atom is 0.0720 e. The highest BCUT2D eigenvalue weighted by molar-refractivity contribution is 5.13. The van der Waals surface area contributed by atoms with Gasteiger partial charge in [0, 0.05) is 26.2 Å². The van der Waals surface area contributed by atoms with Gasteiger partial charge in [0.1, 0.15) is 0 Å². The fourth-order valence-electron chi connectivity index (χ4n) is 2.27. The average Bonchev–Trinajstić information content (AvgIpc) is 2.40. The number of likely N-dealkylation sites (tertiary alicyclic amines) is 1. The molecule has 0 bridgehead atoms. The van der Waals surface area contributed by atoms with E-state index in [4.69, 9.17) is 10.5 Å². The average molecular weight is 234 g/mol. The van der Waals surface area contributed by atoms with E-state index in [1.807, 2.05) is 6.07 Å². The monoisotopic (exact) mass is 234 g/mol. The molecule has 1 aliphatic rings. The summed E-state index contributed by atoms with van der Waals surface area (Å²) in [7, 11) is 0. The van der Waals surface area contributed by atoms with Gasteiger partial charge < -0.3 is 15.4 Å². The second kappa shape index (κ2) is 6.74. The van der Waals surface area contributed by atoms with E-state index in [1.54, 1.807) is 0 Å². The molecule has 17 heavy (non-hydrogen) atoms. The third-order valence-corrected chi connectivity index (χ3v) is 3.31. The zero-order valence-electron chi connectivity index (χ0n) is 10.3. The van der Waals surface area contributed by atoms with Crippen LogP contribution < -0.4 is 5.73 Å². The standard InChI is InChI=1S/C14H22N2O/c15-8-11-16-9-6-14(7-10-16)17-12-13-4-2-1-3-5-13/h1-5,14H,6-12,15H2. The number of hydrogen-bond donors (Lipinski definition) is 1. The van der Waals surface area contributed by atoms with Crippen LogP contribution in [0.2, 0.25) is 0 Å². The molecule has 2 N–H and O–H groups in total. The van der Waals surface area contributed by atoms with E-state index in [2.05, 4.69) is 29.2 Å². The number of hydrogen-bond acceptors (Lipinski definition) is 3. The highest BCUT2D eigenvalue weighted by Crippen LogP contribution is 2.15. The molecule has 0 aliphatic carbocycles. The van der Waals surface area contributed by atoms with E-state index in [9.17, 15) is 0 Å². The Labute approximate surface area is 104 Å². The fourth-order valence-corrected chi connectivity index (χ4v) is 2.27. The highest BCUT2D eigenvalue weighted by Gasteiger charge is 2.18. The molecule has 0 atom stereocenters. The number of ether oxygens (including phenoxy) is 1. The van der Waals surface area contributed by atoms with Crippen molar-refractivity contribution in [2.75, 3.05) is 26.2 Å². The van der Waals surface area contributed by atoms with Crippen molar-refractivity contribution in [2.24, 2.45) is 5.73 Å². The molecule has 3 nitrogen and oxygen atoms in total. The quantitative estimate of drug-likeness (QED) is 0.841. The zero-order valence-corrected chi connectivity index (χ0v) is 10.3. The lowest BCUT2D eigenvalue weighted by atomic mass is 10.1. The van der Waals surface area contributed by atoms with Crippen LogP contribution in [0, 0.1) is 0 Å². The van der Waals surface area contributed by atoms with Gasteiger partial charge in [0.05, 0.1) is 12.7 Å². The number of nitrogens with two attached hydrogens (primary N) is 1. The van der Waals surface area contributed by atoms with Crippen molar-refractivity contribution in [1.29, 1.82) is 0 Å². The molecule has 1 fully saturated rings. The molecule has 2 rings (SSSR count).